The summed E-state index contributed by atoms with van der Waals surface area (Å²) in [5, 5.41) is 0. The zero-order valence-electron chi connectivity index (χ0n) is 9.13. The summed E-state index contributed by atoms with van der Waals surface area (Å²) < 4.78 is 5.16. The van der Waals surface area contributed by atoms with Gasteiger partial charge in [-0.25, -0.2) is 0 Å². The van der Waals surface area contributed by atoms with Gasteiger partial charge in [0, 0.05) is 12.8 Å². The Morgan fingerprint density at radius 3 is 2.81 bits per heavy atom. The summed E-state index contributed by atoms with van der Waals surface area (Å²) in [6.07, 6.45) is 11.4. The van der Waals surface area contributed by atoms with Crippen LogP contribution in [0.4, 0.5) is 0 Å². The van der Waals surface area contributed by atoms with Gasteiger partial charge in [-0.3, -0.25) is 9.59 Å². The number of Topliss-reactive ketones (excluding diaryl/α,β-unsaturated/α-hetero) is 1. The smallest absolute Gasteiger partial charge is 0.303 e. The van der Waals surface area contributed by atoms with Gasteiger partial charge in [-0.15, -0.1) is 0 Å². The van der Waals surface area contributed by atoms with Crippen molar-refractivity contribution in [1.29, 1.82) is 0 Å². The van der Waals surface area contributed by atoms with Crippen molar-refractivity contribution in [1.82, 2.24) is 0 Å². The first-order valence-electron chi connectivity index (χ1n) is 5.41. The van der Waals surface area contributed by atoms with E-state index in [1.165, 1.54) is 6.92 Å². The molecule has 0 aromatic rings. The van der Waals surface area contributed by atoms with E-state index in [9.17, 15) is 9.59 Å². The molecule has 84 valence electrons. The number of ether oxygens (including phenoxy) is 1. The van der Waals surface area contributed by atoms with Gasteiger partial charge in [0.2, 0.25) is 0 Å². The van der Waals surface area contributed by atoms with Crippen molar-refractivity contribution in [2.24, 2.45) is 11.8 Å². The number of rotatable bonds is 1. The quantitative estimate of drug-likeness (QED) is 0.498. The molecular formula is C13H14O3. The molecule has 0 fully saturated rings. The predicted molar refractivity (Wildman–Crippen MR) is 59.6 cm³/mol. The van der Waals surface area contributed by atoms with Gasteiger partial charge >= 0.3 is 5.97 Å². The number of carbonyl (C=O) groups is 2. The second-order valence-electron chi connectivity index (χ2n) is 4.04. The normalized spacial score (nSPS) is 32.1. The van der Waals surface area contributed by atoms with Crippen LogP contribution < -0.4 is 0 Å². The first-order valence-corrected chi connectivity index (χ1v) is 5.41. The lowest BCUT2D eigenvalue weighted by Crippen LogP contribution is -2.30. The van der Waals surface area contributed by atoms with E-state index in [2.05, 4.69) is 0 Å². The van der Waals surface area contributed by atoms with Gasteiger partial charge in [0.1, 0.15) is 6.10 Å². The molecule has 0 radical (unpaired) electrons. The highest BCUT2D eigenvalue weighted by Gasteiger charge is 2.33. The molecule has 3 atom stereocenters. The Morgan fingerprint density at radius 1 is 1.31 bits per heavy atom. The zero-order chi connectivity index (χ0) is 11.5. The van der Waals surface area contributed by atoms with Gasteiger partial charge in [0.15, 0.2) is 5.78 Å². The fraction of sp³-hybridized carbons (Fsp3) is 0.385. The second kappa shape index (κ2) is 4.47. The fourth-order valence-corrected chi connectivity index (χ4v) is 2.07. The third-order valence-electron chi connectivity index (χ3n) is 2.84. The van der Waals surface area contributed by atoms with Gasteiger partial charge in [-0.2, -0.15) is 0 Å². The van der Waals surface area contributed by atoms with Crippen molar-refractivity contribution in [3.8, 4) is 0 Å². The van der Waals surface area contributed by atoms with Gasteiger partial charge in [-0.1, -0.05) is 30.4 Å². The van der Waals surface area contributed by atoms with Crippen LogP contribution in [0.2, 0.25) is 0 Å². The summed E-state index contributed by atoms with van der Waals surface area (Å²) in [7, 11) is 0. The monoisotopic (exact) mass is 218 g/mol. The minimum absolute atomic E-state index is 0.0863. The molecule has 0 saturated heterocycles. The molecule has 0 saturated carbocycles. The minimum Gasteiger partial charge on any atom is -0.457 e. The average molecular weight is 218 g/mol. The highest BCUT2D eigenvalue weighted by Crippen LogP contribution is 2.26. The molecule has 0 spiro atoms. The summed E-state index contributed by atoms with van der Waals surface area (Å²) in [6.45, 7) is 1.36. The molecule has 2 aliphatic rings. The van der Waals surface area contributed by atoms with E-state index in [1.807, 2.05) is 36.5 Å². The van der Waals surface area contributed by atoms with E-state index in [-0.39, 0.29) is 23.6 Å². The molecule has 3 nitrogen and oxygen atoms in total. The van der Waals surface area contributed by atoms with Gasteiger partial charge in [0.25, 0.3) is 0 Å². The summed E-state index contributed by atoms with van der Waals surface area (Å²) >= 11 is 0. The van der Waals surface area contributed by atoms with Crippen LogP contribution in [-0.2, 0) is 14.3 Å². The predicted octanol–water partition coefficient (Wildman–Crippen LogP) is 1.81. The molecule has 0 heterocycles. The van der Waals surface area contributed by atoms with Crippen LogP contribution in [-0.4, -0.2) is 17.9 Å². The molecule has 2 bridgehead atoms. The molecule has 0 amide bonds. The van der Waals surface area contributed by atoms with E-state index in [1.54, 1.807) is 0 Å². The van der Waals surface area contributed by atoms with Crippen LogP contribution in [0, 0.1) is 11.8 Å². The van der Waals surface area contributed by atoms with Crippen molar-refractivity contribution in [2.45, 2.75) is 19.4 Å². The van der Waals surface area contributed by atoms with E-state index in [4.69, 9.17) is 4.74 Å². The SMILES string of the molecule is CC(=O)OC1C=CCC2C=CC=CC1C2=O. The van der Waals surface area contributed by atoms with Crippen molar-refractivity contribution >= 4 is 11.8 Å². The first-order chi connectivity index (χ1) is 7.68. The number of hydrogen-bond acceptors (Lipinski definition) is 3. The molecule has 3 unspecified atom stereocenters. The van der Waals surface area contributed by atoms with E-state index in [0.29, 0.717) is 6.42 Å². The molecule has 2 aliphatic carbocycles. The molecule has 0 N–H and O–H groups in total. The number of ketones is 1. The maximum Gasteiger partial charge on any atom is 0.303 e. The molecule has 0 aromatic heterocycles. The van der Waals surface area contributed by atoms with Crippen molar-refractivity contribution in [2.75, 3.05) is 0 Å². The summed E-state index contributed by atoms with van der Waals surface area (Å²) in [5.41, 5.74) is 0. The molecule has 0 aliphatic heterocycles. The molecular weight excluding hydrogens is 204 g/mol. The Bertz CT molecular complexity index is 390. The largest absolute Gasteiger partial charge is 0.457 e. The number of hydrogen-bond donors (Lipinski definition) is 0. The molecule has 0 aromatic carbocycles. The summed E-state index contributed by atoms with van der Waals surface area (Å²) in [4.78, 5) is 23.1. The number of fused-ring (bicyclic) bond motifs is 2. The lowest BCUT2D eigenvalue weighted by molar-refractivity contribution is -0.147. The lowest BCUT2D eigenvalue weighted by Gasteiger charge is -2.19. The topological polar surface area (TPSA) is 43.4 Å². The Balaban J connectivity index is 2.28. The van der Waals surface area contributed by atoms with Gasteiger partial charge < -0.3 is 4.74 Å². The Morgan fingerprint density at radius 2 is 2.06 bits per heavy atom. The Kier molecular flexibility index (Phi) is 3.04. The van der Waals surface area contributed by atoms with Crippen LogP contribution in [0.25, 0.3) is 0 Å². The van der Waals surface area contributed by atoms with Crippen molar-refractivity contribution in [3.05, 3.63) is 36.5 Å². The van der Waals surface area contributed by atoms with E-state index >= 15 is 0 Å². The third-order valence-corrected chi connectivity index (χ3v) is 2.84. The summed E-state index contributed by atoms with van der Waals surface area (Å²) in [5.74, 6) is -0.660. The van der Waals surface area contributed by atoms with Crippen molar-refractivity contribution < 1.29 is 14.3 Å². The maximum absolute atomic E-state index is 12.1. The van der Waals surface area contributed by atoms with Crippen LogP contribution >= 0.6 is 0 Å². The number of allylic oxidation sites excluding steroid dienone is 4. The van der Waals surface area contributed by atoms with Crippen LogP contribution in [0.3, 0.4) is 0 Å². The molecule has 16 heavy (non-hydrogen) atoms. The third kappa shape index (κ3) is 2.13. The standard InChI is InChI=1S/C13H14O3/c1-9(14)16-12-8-4-6-10-5-2-3-7-11(12)13(10)15/h2-5,7-8,10-12H,6H2,1H3. The molecule has 3 heteroatoms. The highest BCUT2D eigenvalue weighted by atomic mass is 16.5. The zero-order valence-corrected chi connectivity index (χ0v) is 9.13. The first kappa shape index (κ1) is 10.9. The van der Waals surface area contributed by atoms with Crippen LogP contribution in [0.15, 0.2) is 36.5 Å². The maximum atomic E-state index is 12.1. The van der Waals surface area contributed by atoms with Gasteiger partial charge in [-0.05, 0) is 12.5 Å². The average Bonchev–Trinajstić information content (AvgIpc) is 2.48. The van der Waals surface area contributed by atoms with Crippen molar-refractivity contribution in [3.63, 3.8) is 0 Å². The molecule has 2 rings (SSSR count). The summed E-state index contributed by atoms with van der Waals surface area (Å²) in [6, 6.07) is 0. The lowest BCUT2D eigenvalue weighted by atomic mass is 9.90. The van der Waals surface area contributed by atoms with Crippen LogP contribution in [0.1, 0.15) is 13.3 Å². The Hall–Kier alpha value is -1.64. The van der Waals surface area contributed by atoms with Gasteiger partial charge in [0.05, 0.1) is 5.92 Å². The van der Waals surface area contributed by atoms with E-state index in [0.717, 1.165) is 0 Å². The van der Waals surface area contributed by atoms with E-state index < -0.39 is 6.10 Å². The number of esters is 1. The minimum atomic E-state index is -0.453. The number of carbonyl (C=O) groups excluding carboxylic acids is 2. The Labute approximate surface area is 94.5 Å². The second-order valence-corrected chi connectivity index (χ2v) is 4.04. The van der Waals surface area contributed by atoms with Crippen LogP contribution in [0.5, 0.6) is 0 Å². The highest BCUT2D eigenvalue weighted by molar-refractivity contribution is 5.88. The fourth-order valence-electron chi connectivity index (χ4n) is 2.07.